The molecule has 0 aliphatic rings. The summed E-state index contributed by atoms with van der Waals surface area (Å²) in [5, 5.41) is 3.23. The van der Waals surface area contributed by atoms with Crippen molar-refractivity contribution in [2.75, 3.05) is 35.6 Å². The van der Waals surface area contributed by atoms with E-state index in [2.05, 4.69) is 52.9 Å². The molecule has 1 heterocycles. The third-order valence-electron chi connectivity index (χ3n) is 3.18. The number of hydrogen-bond donors (Lipinski definition) is 2. The van der Waals surface area contributed by atoms with Crippen LogP contribution in [0.3, 0.4) is 0 Å². The Hall–Kier alpha value is -1.59. The molecule has 0 amide bonds. The van der Waals surface area contributed by atoms with Gasteiger partial charge in [-0.2, -0.15) is 15.0 Å². The van der Waals surface area contributed by atoms with Crippen molar-refractivity contribution in [1.29, 1.82) is 0 Å². The summed E-state index contributed by atoms with van der Waals surface area (Å²) in [5.74, 6) is 2.25. The van der Waals surface area contributed by atoms with Gasteiger partial charge in [0.15, 0.2) is 0 Å². The van der Waals surface area contributed by atoms with Crippen LogP contribution < -0.4 is 16.0 Å². The molecule has 0 unspecified atom stereocenters. The molecular weight excluding hydrogens is 252 g/mol. The minimum absolute atomic E-state index is 0.270. The van der Waals surface area contributed by atoms with Gasteiger partial charge in [-0.15, -0.1) is 0 Å². The first-order chi connectivity index (χ1) is 9.56. The van der Waals surface area contributed by atoms with Crippen molar-refractivity contribution >= 4 is 17.8 Å². The van der Waals surface area contributed by atoms with Gasteiger partial charge in [-0.05, 0) is 26.2 Å². The number of rotatable bonds is 9. The zero-order valence-electron chi connectivity index (χ0n) is 13.2. The van der Waals surface area contributed by atoms with Crippen LogP contribution in [0.25, 0.3) is 0 Å². The Morgan fingerprint density at radius 3 is 2.40 bits per heavy atom. The smallest absolute Gasteiger partial charge is 0.231 e. The predicted octanol–water partition coefficient (Wildman–Crippen LogP) is 2.54. The van der Waals surface area contributed by atoms with E-state index in [0.29, 0.717) is 11.9 Å². The van der Waals surface area contributed by atoms with Crippen LogP contribution in [0.15, 0.2) is 0 Å². The van der Waals surface area contributed by atoms with Crippen molar-refractivity contribution in [3.63, 3.8) is 0 Å². The van der Waals surface area contributed by atoms with E-state index in [1.165, 1.54) is 12.8 Å². The van der Waals surface area contributed by atoms with Crippen LogP contribution in [0.1, 0.15) is 47.0 Å². The highest BCUT2D eigenvalue weighted by atomic mass is 15.3. The van der Waals surface area contributed by atoms with E-state index in [1.807, 2.05) is 0 Å². The van der Waals surface area contributed by atoms with Crippen LogP contribution in [-0.2, 0) is 0 Å². The number of anilines is 3. The fourth-order valence-electron chi connectivity index (χ4n) is 1.99. The fraction of sp³-hybridized carbons (Fsp3) is 0.786. The number of nitrogens with one attached hydrogen (secondary N) is 1. The van der Waals surface area contributed by atoms with Gasteiger partial charge in [-0.3, -0.25) is 0 Å². The van der Waals surface area contributed by atoms with E-state index in [0.717, 1.165) is 32.0 Å². The molecule has 0 atom stereocenters. The first-order valence-electron chi connectivity index (χ1n) is 7.57. The minimum Gasteiger partial charge on any atom is -0.368 e. The lowest BCUT2D eigenvalue weighted by molar-refractivity contribution is 0.544. The van der Waals surface area contributed by atoms with Crippen LogP contribution in [-0.4, -0.2) is 34.6 Å². The van der Waals surface area contributed by atoms with Crippen LogP contribution in [0.5, 0.6) is 0 Å². The van der Waals surface area contributed by atoms with Crippen LogP contribution in [0.4, 0.5) is 17.8 Å². The van der Waals surface area contributed by atoms with E-state index in [4.69, 9.17) is 5.73 Å². The molecule has 0 spiro atoms. The predicted molar refractivity (Wildman–Crippen MR) is 85.0 cm³/mol. The maximum Gasteiger partial charge on any atom is 0.231 e. The normalized spacial score (nSPS) is 10.8. The third-order valence-corrected chi connectivity index (χ3v) is 3.18. The summed E-state index contributed by atoms with van der Waals surface area (Å²) in [6.45, 7) is 11.2. The first-order valence-corrected chi connectivity index (χ1v) is 7.57. The number of nitrogens with zero attached hydrogens (tertiary/aromatic N) is 4. The molecule has 6 nitrogen and oxygen atoms in total. The van der Waals surface area contributed by atoms with Gasteiger partial charge >= 0.3 is 0 Å². The lowest BCUT2D eigenvalue weighted by atomic mass is 10.1. The maximum atomic E-state index is 5.75. The summed E-state index contributed by atoms with van der Waals surface area (Å²) in [5.41, 5.74) is 5.75. The maximum absolute atomic E-state index is 5.75. The van der Waals surface area contributed by atoms with Gasteiger partial charge in [0.1, 0.15) is 0 Å². The molecule has 0 saturated heterocycles. The number of hydrogen-bond acceptors (Lipinski definition) is 6. The van der Waals surface area contributed by atoms with Gasteiger partial charge in [0.05, 0.1) is 0 Å². The van der Waals surface area contributed by atoms with E-state index in [1.54, 1.807) is 0 Å². The zero-order chi connectivity index (χ0) is 15.0. The molecule has 0 saturated carbocycles. The van der Waals surface area contributed by atoms with E-state index >= 15 is 0 Å². The Bertz CT molecular complexity index is 389. The molecule has 0 aliphatic heterocycles. The van der Waals surface area contributed by atoms with Gasteiger partial charge in [-0.25, -0.2) is 0 Å². The van der Waals surface area contributed by atoms with E-state index in [9.17, 15) is 0 Å². The molecule has 0 radical (unpaired) electrons. The molecule has 0 aliphatic carbocycles. The average molecular weight is 280 g/mol. The lowest BCUT2D eigenvalue weighted by Crippen LogP contribution is -2.25. The monoisotopic (exact) mass is 280 g/mol. The Morgan fingerprint density at radius 2 is 1.80 bits per heavy atom. The fourth-order valence-corrected chi connectivity index (χ4v) is 1.99. The van der Waals surface area contributed by atoms with Gasteiger partial charge in [0.25, 0.3) is 0 Å². The summed E-state index contributed by atoms with van der Waals surface area (Å²) in [4.78, 5) is 14.8. The van der Waals surface area contributed by atoms with Crippen molar-refractivity contribution in [2.45, 2.75) is 47.0 Å². The lowest BCUT2D eigenvalue weighted by Gasteiger charge is -2.19. The molecular formula is C14H28N6. The summed E-state index contributed by atoms with van der Waals surface area (Å²) in [7, 11) is 0. The van der Waals surface area contributed by atoms with Gasteiger partial charge in [0.2, 0.25) is 17.8 Å². The Kier molecular flexibility index (Phi) is 7.04. The molecule has 1 aromatic rings. The van der Waals surface area contributed by atoms with Crippen molar-refractivity contribution < 1.29 is 0 Å². The first kappa shape index (κ1) is 16.5. The minimum atomic E-state index is 0.270. The Labute approximate surface area is 122 Å². The highest BCUT2D eigenvalue weighted by molar-refractivity contribution is 5.41. The second kappa shape index (κ2) is 8.55. The number of aromatic nitrogens is 3. The molecule has 0 aromatic carbocycles. The van der Waals surface area contributed by atoms with Crippen LogP contribution >= 0.6 is 0 Å². The summed E-state index contributed by atoms with van der Waals surface area (Å²) < 4.78 is 0. The second-order valence-corrected chi connectivity index (χ2v) is 5.31. The largest absolute Gasteiger partial charge is 0.368 e. The van der Waals surface area contributed by atoms with E-state index < -0.39 is 0 Å². The highest BCUT2D eigenvalue weighted by Gasteiger charge is 2.09. The second-order valence-electron chi connectivity index (χ2n) is 5.31. The molecule has 0 bridgehead atoms. The van der Waals surface area contributed by atoms with Gasteiger partial charge in [0, 0.05) is 19.6 Å². The molecule has 1 aromatic heterocycles. The number of nitrogen functional groups attached to an aromatic ring is 1. The topological polar surface area (TPSA) is 80.0 Å². The van der Waals surface area contributed by atoms with Gasteiger partial charge < -0.3 is 16.0 Å². The Balaban J connectivity index is 2.53. The van der Waals surface area contributed by atoms with E-state index in [-0.39, 0.29) is 5.95 Å². The standard InChI is InChI=1S/C14H28N6/c1-5-20(6-2)14-18-12(15)17-13(19-14)16-10-8-7-9-11(3)4/h11H,5-10H2,1-4H3,(H3,15,16,17,18,19). The quantitative estimate of drug-likeness (QED) is 0.677. The SMILES string of the molecule is CCN(CC)c1nc(N)nc(NCCCCC(C)C)n1. The molecule has 20 heavy (non-hydrogen) atoms. The molecule has 114 valence electrons. The van der Waals surface area contributed by atoms with Gasteiger partial charge in [-0.1, -0.05) is 26.7 Å². The van der Waals surface area contributed by atoms with Crippen molar-refractivity contribution in [2.24, 2.45) is 5.92 Å². The van der Waals surface area contributed by atoms with Crippen LogP contribution in [0, 0.1) is 5.92 Å². The average Bonchev–Trinajstić information content (AvgIpc) is 2.39. The number of unbranched alkanes of at least 4 members (excludes halogenated alkanes) is 1. The third kappa shape index (κ3) is 5.59. The summed E-state index contributed by atoms with van der Waals surface area (Å²) >= 11 is 0. The van der Waals surface area contributed by atoms with Crippen molar-refractivity contribution in [3.05, 3.63) is 0 Å². The van der Waals surface area contributed by atoms with Crippen molar-refractivity contribution in [3.8, 4) is 0 Å². The number of nitrogens with two attached hydrogens (primary N) is 1. The molecule has 6 heteroatoms. The van der Waals surface area contributed by atoms with Crippen LogP contribution in [0.2, 0.25) is 0 Å². The highest BCUT2D eigenvalue weighted by Crippen LogP contribution is 2.12. The summed E-state index contributed by atoms with van der Waals surface area (Å²) in [6.07, 6.45) is 3.59. The Morgan fingerprint density at radius 1 is 1.10 bits per heavy atom. The summed E-state index contributed by atoms with van der Waals surface area (Å²) in [6, 6.07) is 0. The molecule has 0 fully saturated rings. The zero-order valence-corrected chi connectivity index (χ0v) is 13.2. The molecule has 1 rings (SSSR count). The van der Waals surface area contributed by atoms with Crippen molar-refractivity contribution in [1.82, 2.24) is 15.0 Å². The molecule has 3 N–H and O–H groups in total.